The van der Waals surface area contributed by atoms with Crippen molar-refractivity contribution >= 4 is 0 Å². The van der Waals surface area contributed by atoms with E-state index in [9.17, 15) is 0 Å². The highest BCUT2D eigenvalue weighted by Crippen LogP contribution is 2.15. The van der Waals surface area contributed by atoms with Gasteiger partial charge in [-0.1, -0.05) is 13.3 Å². The SMILES string of the molecule is CCCC1CC(CNC)N1. The zero-order chi connectivity index (χ0) is 7.40. The molecular weight excluding hydrogens is 124 g/mol. The molecule has 1 rings (SSSR count). The van der Waals surface area contributed by atoms with E-state index >= 15 is 0 Å². The maximum Gasteiger partial charge on any atom is 0.0209 e. The predicted molar refractivity (Wildman–Crippen MR) is 44.2 cm³/mol. The Bertz CT molecular complexity index is 77.3. The monoisotopic (exact) mass is 142 g/mol. The molecule has 2 atom stereocenters. The van der Waals surface area contributed by atoms with E-state index in [1.807, 2.05) is 7.05 Å². The van der Waals surface area contributed by atoms with Crippen LogP contribution in [0.25, 0.3) is 0 Å². The quantitative estimate of drug-likeness (QED) is 0.605. The molecule has 60 valence electrons. The largest absolute Gasteiger partial charge is 0.318 e. The van der Waals surface area contributed by atoms with Gasteiger partial charge in [0.1, 0.15) is 0 Å². The van der Waals surface area contributed by atoms with Gasteiger partial charge in [-0.25, -0.2) is 0 Å². The molecule has 2 heteroatoms. The van der Waals surface area contributed by atoms with Gasteiger partial charge in [-0.05, 0) is 19.9 Å². The predicted octanol–water partition coefficient (Wildman–Crippen LogP) is 0.736. The summed E-state index contributed by atoms with van der Waals surface area (Å²) in [5, 5.41) is 6.69. The Balaban J connectivity index is 1.95. The van der Waals surface area contributed by atoms with E-state index in [1.54, 1.807) is 0 Å². The highest BCUT2D eigenvalue weighted by Gasteiger charge is 2.25. The number of likely N-dealkylation sites (N-methyl/N-ethyl adjacent to an activating group) is 1. The average Bonchev–Trinajstić information content (AvgIpc) is 1.84. The molecule has 0 amide bonds. The summed E-state index contributed by atoms with van der Waals surface area (Å²) in [4.78, 5) is 0. The first-order valence-electron chi connectivity index (χ1n) is 4.27. The summed E-state index contributed by atoms with van der Waals surface area (Å²) in [6.07, 6.45) is 4.03. The summed E-state index contributed by atoms with van der Waals surface area (Å²) >= 11 is 0. The van der Waals surface area contributed by atoms with Crippen LogP contribution in [0.5, 0.6) is 0 Å². The summed E-state index contributed by atoms with van der Waals surface area (Å²) in [5.41, 5.74) is 0. The van der Waals surface area contributed by atoms with Crippen LogP contribution in [0.1, 0.15) is 26.2 Å². The molecule has 2 unspecified atom stereocenters. The third-order valence-electron chi connectivity index (χ3n) is 2.13. The molecule has 0 bridgehead atoms. The summed E-state index contributed by atoms with van der Waals surface area (Å²) in [7, 11) is 2.01. The number of hydrogen-bond donors (Lipinski definition) is 2. The van der Waals surface area contributed by atoms with Crippen molar-refractivity contribution < 1.29 is 0 Å². The highest BCUT2D eigenvalue weighted by molar-refractivity contribution is 4.88. The van der Waals surface area contributed by atoms with Crippen molar-refractivity contribution in [2.24, 2.45) is 0 Å². The minimum Gasteiger partial charge on any atom is -0.318 e. The van der Waals surface area contributed by atoms with Crippen LogP contribution in [-0.2, 0) is 0 Å². The van der Waals surface area contributed by atoms with Gasteiger partial charge in [0.05, 0.1) is 0 Å². The molecular formula is C8H18N2. The Morgan fingerprint density at radius 3 is 2.70 bits per heavy atom. The van der Waals surface area contributed by atoms with Gasteiger partial charge in [-0.15, -0.1) is 0 Å². The van der Waals surface area contributed by atoms with Crippen molar-refractivity contribution in [1.82, 2.24) is 10.6 Å². The lowest BCUT2D eigenvalue weighted by Gasteiger charge is -2.37. The van der Waals surface area contributed by atoms with E-state index in [0.717, 1.165) is 18.6 Å². The second kappa shape index (κ2) is 3.94. The van der Waals surface area contributed by atoms with E-state index in [0.29, 0.717) is 0 Å². The van der Waals surface area contributed by atoms with Gasteiger partial charge in [0.25, 0.3) is 0 Å². The van der Waals surface area contributed by atoms with Crippen LogP contribution in [-0.4, -0.2) is 25.7 Å². The molecule has 0 aliphatic carbocycles. The third kappa shape index (κ3) is 1.96. The van der Waals surface area contributed by atoms with Crippen molar-refractivity contribution in [2.45, 2.75) is 38.3 Å². The van der Waals surface area contributed by atoms with Crippen molar-refractivity contribution in [2.75, 3.05) is 13.6 Å². The van der Waals surface area contributed by atoms with Gasteiger partial charge in [-0.2, -0.15) is 0 Å². The molecule has 0 aromatic carbocycles. The average molecular weight is 142 g/mol. The molecule has 1 fully saturated rings. The normalized spacial score (nSPS) is 31.8. The van der Waals surface area contributed by atoms with Gasteiger partial charge in [0.2, 0.25) is 0 Å². The van der Waals surface area contributed by atoms with Crippen LogP contribution in [0.2, 0.25) is 0 Å². The Morgan fingerprint density at radius 2 is 2.20 bits per heavy atom. The van der Waals surface area contributed by atoms with Gasteiger partial charge >= 0.3 is 0 Å². The maximum absolute atomic E-state index is 3.52. The molecule has 1 aliphatic rings. The molecule has 0 aromatic heterocycles. The number of hydrogen-bond acceptors (Lipinski definition) is 2. The van der Waals surface area contributed by atoms with Crippen molar-refractivity contribution in [1.29, 1.82) is 0 Å². The Labute approximate surface area is 63.4 Å². The molecule has 1 aliphatic heterocycles. The summed E-state index contributed by atoms with van der Waals surface area (Å²) < 4.78 is 0. The second-order valence-corrected chi connectivity index (χ2v) is 3.14. The third-order valence-corrected chi connectivity index (χ3v) is 2.13. The fraction of sp³-hybridized carbons (Fsp3) is 1.00. The molecule has 1 saturated heterocycles. The summed E-state index contributed by atoms with van der Waals surface area (Å²) in [6.45, 7) is 3.37. The fourth-order valence-electron chi connectivity index (χ4n) is 1.59. The van der Waals surface area contributed by atoms with Crippen LogP contribution in [0.15, 0.2) is 0 Å². The minimum absolute atomic E-state index is 0.751. The molecule has 2 nitrogen and oxygen atoms in total. The van der Waals surface area contributed by atoms with Crippen LogP contribution in [0, 0.1) is 0 Å². The van der Waals surface area contributed by atoms with Gasteiger partial charge in [0.15, 0.2) is 0 Å². The smallest absolute Gasteiger partial charge is 0.0209 e. The first kappa shape index (κ1) is 8.02. The van der Waals surface area contributed by atoms with E-state index in [-0.39, 0.29) is 0 Å². The van der Waals surface area contributed by atoms with E-state index < -0.39 is 0 Å². The summed E-state index contributed by atoms with van der Waals surface area (Å²) in [6, 6.07) is 1.57. The highest BCUT2D eigenvalue weighted by atomic mass is 15.1. The molecule has 0 saturated carbocycles. The molecule has 10 heavy (non-hydrogen) atoms. The number of nitrogens with one attached hydrogen (secondary N) is 2. The molecule has 0 spiro atoms. The first-order valence-corrected chi connectivity index (χ1v) is 4.27. The Hall–Kier alpha value is -0.0800. The molecule has 0 aromatic rings. The van der Waals surface area contributed by atoms with Gasteiger partial charge in [0, 0.05) is 18.6 Å². The van der Waals surface area contributed by atoms with Crippen LogP contribution >= 0.6 is 0 Å². The first-order chi connectivity index (χ1) is 4.86. The standard InChI is InChI=1S/C8H18N2/c1-3-4-7-5-8(10-7)6-9-2/h7-10H,3-6H2,1-2H3. The van der Waals surface area contributed by atoms with Crippen LogP contribution in [0.4, 0.5) is 0 Å². The fourth-order valence-corrected chi connectivity index (χ4v) is 1.59. The Kier molecular flexibility index (Phi) is 3.16. The number of rotatable bonds is 4. The van der Waals surface area contributed by atoms with E-state index in [1.165, 1.54) is 19.3 Å². The van der Waals surface area contributed by atoms with Crippen LogP contribution in [0.3, 0.4) is 0 Å². The maximum atomic E-state index is 3.52. The summed E-state index contributed by atoms with van der Waals surface area (Å²) in [5.74, 6) is 0. The Morgan fingerprint density at radius 1 is 1.50 bits per heavy atom. The molecule has 1 heterocycles. The minimum atomic E-state index is 0.751. The topological polar surface area (TPSA) is 24.1 Å². The van der Waals surface area contributed by atoms with E-state index in [4.69, 9.17) is 0 Å². The van der Waals surface area contributed by atoms with Crippen molar-refractivity contribution in [3.63, 3.8) is 0 Å². The zero-order valence-electron chi connectivity index (χ0n) is 6.98. The van der Waals surface area contributed by atoms with Crippen molar-refractivity contribution in [3.05, 3.63) is 0 Å². The van der Waals surface area contributed by atoms with Gasteiger partial charge in [-0.3, -0.25) is 0 Å². The van der Waals surface area contributed by atoms with E-state index in [2.05, 4.69) is 17.6 Å². The second-order valence-electron chi connectivity index (χ2n) is 3.14. The lowest BCUT2D eigenvalue weighted by Crippen LogP contribution is -2.55. The van der Waals surface area contributed by atoms with Crippen molar-refractivity contribution in [3.8, 4) is 0 Å². The molecule has 0 radical (unpaired) electrons. The van der Waals surface area contributed by atoms with Gasteiger partial charge < -0.3 is 10.6 Å². The lowest BCUT2D eigenvalue weighted by atomic mass is 9.93. The lowest BCUT2D eigenvalue weighted by molar-refractivity contribution is 0.246. The molecule has 2 N–H and O–H groups in total. The zero-order valence-corrected chi connectivity index (χ0v) is 6.98. The van der Waals surface area contributed by atoms with Crippen LogP contribution < -0.4 is 10.6 Å².